The van der Waals surface area contributed by atoms with Crippen molar-refractivity contribution in [2.45, 2.75) is 27.3 Å². The Hall–Kier alpha value is -0.830. The molecule has 1 heterocycles. The van der Waals surface area contributed by atoms with Crippen molar-refractivity contribution in [3.05, 3.63) is 22.4 Å². The second-order valence-corrected chi connectivity index (χ2v) is 5.32. The van der Waals surface area contributed by atoms with Crippen LogP contribution in [0.2, 0.25) is 0 Å². The molecule has 78 valence electrons. The third kappa shape index (κ3) is 2.84. The maximum Gasteiger partial charge on any atom is 0.227 e. The quantitative estimate of drug-likeness (QED) is 0.736. The largest absolute Gasteiger partial charge is 0.341 e. The zero-order chi connectivity index (χ0) is 10.8. The van der Waals surface area contributed by atoms with Crippen LogP contribution in [0.4, 0.5) is 0 Å². The molecular weight excluding hydrogens is 194 g/mol. The highest BCUT2D eigenvalue weighted by molar-refractivity contribution is 7.07. The Morgan fingerprint density at radius 3 is 2.57 bits per heavy atom. The number of carbonyl (C=O) groups excluding carboxylic acids is 1. The molecule has 0 fully saturated rings. The summed E-state index contributed by atoms with van der Waals surface area (Å²) in [7, 11) is 1.85. The molecule has 1 aromatic rings. The number of rotatable bonds is 2. The van der Waals surface area contributed by atoms with Gasteiger partial charge in [0.25, 0.3) is 0 Å². The Morgan fingerprint density at radius 1 is 1.50 bits per heavy atom. The van der Waals surface area contributed by atoms with Crippen LogP contribution in [-0.2, 0) is 11.3 Å². The van der Waals surface area contributed by atoms with Crippen LogP contribution in [0.1, 0.15) is 26.3 Å². The maximum absolute atomic E-state index is 11.8. The predicted molar refractivity (Wildman–Crippen MR) is 60.2 cm³/mol. The molecule has 1 aromatic heterocycles. The summed E-state index contributed by atoms with van der Waals surface area (Å²) < 4.78 is 0. The molecule has 0 N–H and O–H groups in total. The van der Waals surface area contributed by atoms with Gasteiger partial charge in [-0.2, -0.15) is 11.3 Å². The van der Waals surface area contributed by atoms with Gasteiger partial charge in [-0.3, -0.25) is 4.79 Å². The number of hydrogen-bond donors (Lipinski definition) is 0. The number of carbonyl (C=O) groups is 1. The average molecular weight is 211 g/mol. The number of nitrogens with zero attached hydrogens (tertiary/aromatic N) is 1. The van der Waals surface area contributed by atoms with Crippen molar-refractivity contribution in [3.63, 3.8) is 0 Å². The summed E-state index contributed by atoms with van der Waals surface area (Å²) in [5.74, 6) is 0.184. The second kappa shape index (κ2) is 4.13. The molecule has 14 heavy (non-hydrogen) atoms. The van der Waals surface area contributed by atoms with Crippen molar-refractivity contribution in [2.75, 3.05) is 7.05 Å². The lowest BCUT2D eigenvalue weighted by Crippen LogP contribution is -2.36. The minimum absolute atomic E-state index is 0.184. The Morgan fingerprint density at radius 2 is 2.14 bits per heavy atom. The normalized spacial score (nSPS) is 11.4. The maximum atomic E-state index is 11.8. The van der Waals surface area contributed by atoms with Gasteiger partial charge in [0.2, 0.25) is 5.91 Å². The number of hydrogen-bond acceptors (Lipinski definition) is 2. The molecule has 0 atom stereocenters. The van der Waals surface area contributed by atoms with Crippen molar-refractivity contribution in [2.24, 2.45) is 5.41 Å². The van der Waals surface area contributed by atoms with Crippen LogP contribution in [0, 0.1) is 5.41 Å². The summed E-state index contributed by atoms with van der Waals surface area (Å²) in [4.78, 5) is 13.6. The molecule has 3 heteroatoms. The van der Waals surface area contributed by atoms with E-state index in [0.717, 1.165) is 0 Å². The van der Waals surface area contributed by atoms with E-state index in [9.17, 15) is 4.79 Å². The lowest BCUT2D eigenvalue weighted by molar-refractivity contribution is -0.138. The summed E-state index contributed by atoms with van der Waals surface area (Å²) in [6.45, 7) is 6.54. The number of thiophene rings is 1. The summed E-state index contributed by atoms with van der Waals surface area (Å²) >= 11 is 1.66. The Kier molecular flexibility index (Phi) is 3.32. The van der Waals surface area contributed by atoms with Gasteiger partial charge in [-0.25, -0.2) is 0 Å². The van der Waals surface area contributed by atoms with Gasteiger partial charge >= 0.3 is 0 Å². The topological polar surface area (TPSA) is 20.3 Å². The molecule has 0 aliphatic rings. The van der Waals surface area contributed by atoms with Crippen LogP contribution in [0.25, 0.3) is 0 Å². The third-order valence-corrected chi connectivity index (χ3v) is 2.72. The molecule has 0 aliphatic carbocycles. The SMILES string of the molecule is CN(Cc1ccsc1)C(=O)C(C)(C)C. The standard InChI is InChI=1S/C11H17NOS/c1-11(2,3)10(13)12(4)7-9-5-6-14-8-9/h5-6,8H,7H2,1-4H3. The monoisotopic (exact) mass is 211 g/mol. The van der Waals surface area contributed by atoms with Gasteiger partial charge in [-0.1, -0.05) is 20.8 Å². The van der Waals surface area contributed by atoms with Gasteiger partial charge in [-0.05, 0) is 22.4 Å². The highest BCUT2D eigenvalue weighted by atomic mass is 32.1. The van der Waals surface area contributed by atoms with Gasteiger partial charge in [0.05, 0.1) is 0 Å². The van der Waals surface area contributed by atoms with E-state index in [0.29, 0.717) is 6.54 Å². The van der Waals surface area contributed by atoms with Crippen LogP contribution >= 0.6 is 11.3 Å². The highest BCUT2D eigenvalue weighted by Gasteiger charge is 2.24. The zero-order valence-corrected chi connectivity index (χ0v) is 10.0. The van der Waals surface area contributed by atoms with Crippen LogP contribution in [0.5, 0.6) is 0 Å². The van der Waals surface area contributed by atoms with Crippen molar-refractivity contribution in [1.82, 2.24) is 4.90 Å². The Bertz CT molecular complexity index is 298. The first-order chi connectivity index (χ1) is 6.41. The summed E-state index contributed by atoms with van der Waals surface area (Å²) in [5, 5.41) is 4.11. The Labute approximate surface area is 89.5 Å². The van der Waals surface area contributed by atoms with Crippen LogP contribution < -0.4 is 0 Å². The minimum atomic E-state index is -0.287. The second-order valence-electron chi connectivity index (χ2n) is 4.54. The zero-order valence-electron chi connectivity index (χ0n) is 9.20. The fourth-order valence-corrected chi connectivity index (χ4v) is 1.96. The van der Waals surface area contributed by atoms with E-state index in [-0.39, 0.29) is 11.3 Å². The first kappa shape index (κ1) is 11.2. The lowest BCUT2D eigenvalue weighted by atomic mass is 9.95. The van der Waals surface area contributed by atoms with E-state index in [1.807, 2.05) is 33.2 Å². The molecule has 0 bridgehead atoms. The van der Waals surface area contributed by atoms with E-state index in [1.54, 1.807) is 16.2 Å². The molecule has 0 aromatic carbocycles. The summed E-state index contributed by atoms with van der Waals surface area (Å²) in [6, 6.07) is 2.05. The molecule has 1 amide bonds. The predicted octanol–water partition coefficient (Wildman–Crippen LogP) is 2.75. The molecule has 0 unspecified atom stereocenters. The third-order valence-electron chi connectivity index (χ3n) is 1.99. The first-order valence-corrected chi connectivity index (χ1v) is 5.62. The van der Waals surface area contributed by atoms with Gasteiger partial charge in [-0.15, -0.1) is 0 Å². The van der Waals surface area contributed by atoms with E-state index in [4.69, 9.17) is 0 Å². The molecular formula is C11H17NOS. The Balaban J connectivity index is 2.59. The van der Waals surface area contributed by atoms with Crippen LogP contribution in [0.3, 0.4) is 0 Å². The fraction of sp³-hybridized carbons (Fsp3) is 0.545. The van der Waals surface area contributed by atoms with Crippen molar-refractivity contribution in [3.8, 4) is 0 Å². The van der Waals surface area contributed by atoms with E-state index in [2.05, 4.69) is 11.4 Å². The van der Waals surface area contributed by atoms with E-state index < -0.39 is 0 Å². The average Bonchev–Trinajstić information content (AvgIpc) is 2.53. The van der Waals surface area contributed by atoms with E-state index >= 15 is 0 Å². The molecule has 0 aliphatic heterocycles. The molecule has 0 saturated heterocycles. The van der Waals surface area contributed by atoms with Gasteiger partial charge in [0.1, 0.15) is 0 Å². The minimum Gasteiger partial charge on any atom is -0.341 e. The van der Waals surface area contributed by atoms with Crippen LogP contribution in [-0.4, -0.2) is 17.9 Å². The van der Waals surface area contributed by atoms with Crippen molar-refractivity contribution in [1.29, 1.82) is 0 Å². The molecule has 2 nitrogen and oxygen atoms in total. The molecule has 0 radical (unpaired) electrons. The van der Waals surface area contributed by atoms with Crippen LogP contribution in [0.15, 0.2) is 16.8 Å². The van der Waals surface area contributed by atoms with Gasteiger partial charge in [0, 0.05) is 19.0 Å². The first-order valence-electron chi connectivity index (χ1n) is 4.68. The number of amides is 1. The molecule has 1 rings (SSSR count). The van der Waals surface area contributed by atoms with Gasteiger partial charge < -0.3 is 4.90 Å². The van der Waals surface area contributed by atoms with Crippen molar-refractivity contribution < 1.29 is 4.79 Å². The fourth-order valence-electron chi connectivity index (χ4n) is 1.30. The lowest BCUT2D eigenvalue weighted by Gasteiger charge is -2.25. The van der Waals surface area contributed by atoms with Crippen molar-refractivity contribution >= 4 is 17.2 Å². The highest BCUT2D eigenvalue weighted by Crippen LogP contribution is 2.18. The smallest absolute Gasteiger partial charge is 0.227 e. The summed E-state index contributed by atoms with van der Waals surface area (Å²) in [5.41, 5.74) is 0.917. The van der Waals surface area contributed by atoms with E-state index in [1.165, 1.54) is 5.56 Å². The summed E-state index contributed by atoms with van der Waals surface area (Å²) in [6.07, 6.45) is 0. The molecule has 0 saturated carbocycles. The van der Waals surface area contributed by atoms with Gasteiger partial charge in [0.15, 0.2) is 0 Å². The molecule has 0 spiro atoms.